The largest absolute Gasteiger partial charge is 0.396 e. The highest BCUT2D eigenvalue weighted by molar-refractivity contribution is 7.90. The predicted molar refractivity (Wildman–Crippen MR) is 60.0 cm³/mol. The molecule has 1 saturated heterocycles. The fraction of sp³-hybridized carbons (Fsp3) is 0.900. The minimum atomic E-state index is -3.46. The van der Waals surface area contributed by atoms with Gasteiger partial charge in [-0.05, 0) is 25.2 Å². The molecule has 1 aliphatic rings. The topological polar surface area (TPSA) is 81.4 Å². The van der Waals surface area contributed by atoms with Gasteiger partial charge in [-0.3, -0.25) is 0 Å². The van der Waals surface area contributed by atoms with E-state index in [9.17, 15) is 8.42 Å². The first-order valence-electron chi connectivity index (χ1n) is 5.55. The molecule has 6 heteroatoms. The van der Waals surface area contributed by atoms with Crippen LogP contribution in [0.25, 0.3) is 0 Å². The normalized spacial score (nSPS) is 24.2. The van der Waals surface area contributed by atoms with Crippen molar-refractivity contribution in [1.82, 2.24) is 4.31 Å². The fourth-order valence-corrected chi connectivity index (χ4v) is 3.69. The molecule has 1 heterocycles. The highest BCUT2D eigenvalue weighted by Gasteiger charge is 2.35. The molecule has 0 saturated carbocycles. The Hall–Kier alpha value is -0.640. The molecule has 0 spiro atoms. The summed E-state index contributed by atoms with van der Waals surface area (Å²) in [5, 5.41) is 16.7. The number of hydrogen-bond donors (Lipinski definition) is 1. The lowest BCUT2D eigenvalue weighted by atomic mass is 10.1. The number of sulfonamides is 1. The number of rotatable bonds is 5. The second-order valence-corrected chi connectivity index (χ2v) is 6.21. The van der Waals surface area contributed by atoms with Gasteiger partial charge >= 0.3 is 0 Å². The van der Waals surface area contributed by atoms with Crippen LogP contribution >= 0.6 is 0 Å². The van der Waals surface area contributed by atoms with Gasteiger partial charge in [-0.25, -0.2) is 12.7 Å². The van der Waals surface area contributed by atoms with E-state index in [1.165, 1.54) is 4.31 Å². The molecule has 0 bridgehead atoms. The van der Waals surface area contributed by atoms with Crippen LogP contribution < -0.4 is 0 Å². The molecule has 1 fully saturated rings. The second kappa shape index (κ2) is 5.62. The molecule has 0 aromatic carbocycles. The van der Waals surface area contributed by atoms with Crippen molar-refractivity contribution in [3.8, 4) is 6.07 Å². The van der Waals surface area contributed by atoms with Crippen LogP contribution in [0.5, 0.6) is 0 Å². The minimum Gasteiger partial charge on any atom is -0.396 e. The van der Waals surface area contributed by atoms with Crippen LogP contribution in [-0.4, -0.2) is 42.8 Å². The molecule has 0 radical (unpaired) electrons. The summed E-state index contributed by atoms with van der Waals surface area (Å²) in [5.41, 5.74) is 0. The Morgan fingerprint density at radius 2 is 2.31 bits per heavy atom. The molecule has 5 nitrogen and oxygen atoms in total. The van der Waals surface area contributed by atoms with Crippen LogP contribution in [0.3, 0.4) is 0 Å². The van der Waals surface area contributed by atoms with Crippen molar-refractivity contribution in [3.05, 3.63) is 0 Å². The molecule has 92 valence electrons. The lowest BCUT2D eigenvalue weighted by Crippen LogP contribution is -2.36. The molecule has 1 aliphatic heterocycles. The smallest absolute Gasteiger partial charge is 0.230 e. The molecule has 1 N–H and O–H groups in total. The van der Waals surface area contributed by atoms with Crippen molar-refractivity contribution < 1.29 is 13.5 Å². The van der Waals surface area contributed by atoms with E-state index in [0.717, 1.165) is 6.42 Å². The monoisotopic (exact) mass is 246 g/mol. The van der Waals surface area contributed by atoms with Crippen molar-refractivity contribution >= 4 is 10.0 Å². The predicted octanol–water partition coefficient (Wildman–Crippen LogP) is 0.323. The van der Waals surface area contributed by atoms with E-state index in [1.54, 1.807) is 6.92 Å². The molecule has 0 aromatic heterocycles. The summed E-state index contributed by atoms with van der Waals surface area (Å²) in [6.07, 6.45) is 1.73. The van der Waals surface area contributed by atoms with E-state index in [1.807, 2.05) is 6.07 Å². The first-order valence-corrected chi connectivity index (χ1v) is 7.06. The standard InChI is InChI=1S/C10H18N2O3S/c1-2-10(7-11)16(14,15)12-5-3-9(8-12)4-6-13/h9-10,13H,2-6,8H2,1H3. The first-order chi connectivity index (χ1) is 7.56. The van der Waals surface area contributed by atoms with E-state index in [0.29, 0.717) is 25.9 Å². The molecule has 16 heavy (non-hydrogen) atoms. The maximum Gasteiger partial charge on any atom is 0.230 e. The number of aliphatic hydroxyl groups is 1. The molecule has 0 aliphatic carbocycles. The van der Waals surface area contributed by atoms with Crippen LogP contribution in [0.4, 0.5) is 0 Å². The summed E-state index contributed by atoms with van der Waals surface area (Å²) in [7, 11) is -3.46. The third-order valence-corrected chi connectivity index (χ3v) is 5.23. The molecule has 2 unspecified atom stereocenters. The summed E-state index contributed by atoms with van der Waals surface area (Å²) >= 11 is 0. The van der Waals surface area contributed by atoms with Crippen molar-refractivity contribution in [2.24, 2.45) is 5.92 Å². The van der Waals surface area contributed by atoms with Gasteiger partial charge in [-0.15, -0.1) is 0 Å². The lowest BCUT2D eigenvalue weighted by Gasteiger charge is -2.19. The Morgan fingerprint density at radius 1 is 1.62 bits per heavy atom. The maximum absolute atomic E-state index is 12.0. The first kappa shape index (κ1) is 13.4. The quantitative estimate of drug-likeness (QED) is 0.757. The Kier molecular flexibility index (Phi) is 4.71. The van der Waals surface area contributed by atoms with Crippen LogP contribution in [0.2, 0.25) is 0 Å². The zero-order chi connectivity index (χ0) is 12.2. The van der Waals surface area contributed by atoms with E-state index in [4.69, 9.17) is 10.4 Å². The van der Waals surface area contributed by atoms with Gasteiger partial charge in [-0.2, -0.15) is 5.26 Å². The van der Waals surface area contributed by atoms with E-state index in [-0.39, 0.29) is 12.5 Å². The number of aliphatic hydroxyl groups excluding tert-OH is 1. The third-order valence-electron chi connectivity index (χ3n) is 3.02. The van der Waals surface area contributed by atoms with Gasteiger partial charge in [0, 0.05) is 19.7 Å². The van der Waals surface area contributed by atoms with Crippen molar-refractivity contribution in [3.63, 3.8) is 0 Å². The SMILES string of the molecule is CCC(C#N)S(=O)(=O)N1CCC(CCO)C1. The van der Waals surface area contributed by atoms with Crippen LogP contribution in [0.1, 0.15) is 26.2 Å². The van der Waals surface area contributed by atoms with Crippen molar-refractivity contribution in [1.29, 1.82) is 5.26 Å². The van der Waals surface area contributed by atoms with Crippen molar-refractivity contribution in [2.45, 2.75) is 31.4 Å². The Bertz CT molecular complexity index is 361. The summed E-state index contributed by atoms with van der Waals surface area (Å²) < 4.78 is 25.4. The highest BCUT2D eigenvalue weighted by Crippen LogP contribution is 2.24. The van der Waals surface area contributed by atoms with Gasteiger partial charge in [0.05, 0.1) is 6.07 Å². The van der Waals surface area contributed by atoms with Gasteiger partial charge < -0.3 is 5.11 Å². The van der Waals surface area contributed by atoms with Gasteiger partial charge in [0.25, 0.3) is 0 Å². The third kappa shape index (κ3) is 2.73. The van der Waals surface area contributed by atoms with Crippen LogP contribution in [-0.2, 0) is 10.0 Å². The summed E-state index contributed by atoms with van der Waals surface area (Å²) in [6, 6.07) is 1.84. The minimum absolute atomic E-state index is 0.0913. The maximum atomic E-state index is 12.0. The molecule has 2 atom stereocenters. The number of nitriles is 1. The average Bonchev–Trinajstić information content (AvgIpc) is 2.69. The molecule has 0 amide bonds. The van der Waals surface area contributed by atoms with Crippen LogP contribution in [0.15, 0.2) is 0 Å². The molecule has 0 aromatic rings. The van der Waals surface area contributed by atoms with Gasteiger partial charge in [0.15, 0.2) is 5.25 Å². The van der Waals surface area contributed by atoms with E-state index in [2.05, 4.69) is 0 Å². The molecule has 1 rings (SSSR count). The van der Waals surface area contributed by atoms with Crippen LogP contribution in [0, 0.1) is 17.2 Å². The van der Waals surface area contributed by atoms with E-state index < -0.39 is 15.3 Å². The second-order valence-electron chi connectivity index (χ2n) is 4.10. The Labute approximate surface area is 96.7 Å². The number of nitrogens with zero attached hydrogens (tertiary/aromatic N) is 2. The lowest BCUT2D eigenvalue weighted by molar-refractivity contribution is 0.259. The fourth-order valence-electron chi connectivity index (χ4n) is 1.99. The molecular formula is C10H18N2O3S. The average molecular weight is 246 g/mol. The summed E-state index contributed by atoms with van der Waals surface area (Å²) in [4.78, 5) is 0. The summed E-state index contributed by atoms with van der Waals surface area (Å²) in [5.74, 6) is 0.232. The Balaban J connectivity index is 2.69. The van der Waals surface area contributed by atoms with Crippen molar-refractivity contribution in [2.75, 3.05) is 19.7 Å². The van der Waals surface area contributed by atoms with Gasteiger partial charge in [-0.1, -0.05) is 6.92 Å². The van der Waals surface area contributed by atoms with E-state index >= 15 is 0 Å². The zero-order valence-corrected chi connectivity index (χ0v) is 10.3. The zero-order valence-electron chi connectivity index (χ0n) is 9.46. The summed E-state index contributed by atoms with van der Waals surface area (Å²) in [6.45, 7) is 2.72. The van der Waals surface area contributed by atoms with Gasteiger partial charge in [0.2, 0.25) is 10.0 Å². The molecular weight excluding hydrogens is 228 g/mol. The number of hydrogen-bond acceptors (Lipinski definition) is 4. The highest BCUT2D eigenvalue weighted by atomic mass is 32.2. The van der Waals surface area contributed by atoms with Gasteiger partial charge in [0.1, 0.15) is 0 Å². The Morgan fingerprint density at radius 3 is 2.81 bits per heavy atom.